The molecule has 0 unspecified atom stereocenters. The van der Waals surface area contributed by atoms with Crippen molar-refractivity contribution in [2.24, 2.45) is 0 Å². The number of H-pyrrole nitrogens is 1. The Bertz CT molecular complexity index is 846. The van der Waals surface area contributed by atoms with Crippen molar-refractivity contribution in [1.29, 1.82) is 0 Å². The van der Waals surface area contributed by atoms with Crippen LogP contribution in [0.3, 0.4) is 0 Å². The Kier molecular flexibility index (Phi) is 6.68. The Morgan fingerprint density at radius 1 is 1.41 bits per heavy atom. The van der Waals surface area contributed by atoms with Gasteiger partial charge in [0.15, 0.2) is 5.11 Å². The first-order valence-corrected chi connectivity index (χ1v) is 9.94. The lowest BCUT2D eigenvalue weighted by Crippen LogP contribution is -2.43. The molecule has 27 heavy (non-hydrogen) atoms. The Morgan fingerprint density at radius 2 is 2.26 bits per heavy atom. The third-order valence-corrected chi connectivity index (χ3v) is 5.03. The lowest BCUT2D eigenvalue weighted by atomic mass is 10.1. The molecule has 2 N–H and O–H groups in total. The minimum absolute atomic E-state index is 0.0942. The molecular weight excluding hydrogens is 362 g/mol. The molecule has 1 aromatic carbocycles. The summed E-state index contributed by atoms with van der Waals surface area (Å²) in [6, 6.07) is 7.61. The van der Waals surface area contributed by atoms with Crippen LogP contribution in [0.15, 0.2) is 29.1 Å². The third kappa shape index (κ3) is 4.99. The molecule has 6 nitrogen and oxygen atoms in total. The van der Waals surface area contributed by atoms with E-state index in [0.717, 1.165) is 42.6 Å². The van der Waals surface area contributed by atoms with Gasteiger partial charge < -0.3 is 24.7 Å². The van der Waals surface area contributed by atoms with Crippen LogP contribution in [-0.4, -0.2) is 47.4 Å². The van der Waals surface area contributed by atoms with Crippen LogP contribution in [0, 0.1) is 0 Å². The maximum Gasteiger partial charge on any atom is 0.253 e. The van der Waals surface area contributed by atoms with Crippen LogP contribution in [0.25, 0.3) is 10.9 Å². The number of hydrogen-bond acceptors (Lipinski definition) is 4. The molecule has 1 fully saturated rings. The van der Waals surface area contributed by atoms with Crippen LogP contribution in [0.5, 0.6) is 5.75 Å². The standard InChI is InChI=1S/C20H27N3O3S/c1-3-21-20(27)23(13-17-6-5-9-26-17)12-15-10-14-11-16(25-4-2)7-8-18(14)22-19(15)24/h7-8,10-11,17H,3-6,9,12-13H2,1-2H3,(H,21,27)(H,22,24)/t17-/m0/s1. The summed E-state index contributed by atoms with van der Waals surface area (Å²) in [5.41, 5.74) is 1.38. The Hall–Kier alpha value is -2.12. The van der Waals surface area contributed by atoms with Crippen LogP contribution in [-0.2, 0) is 11.3 Å². The van der Waals surface area contributed by atoms with E-state index >= 15 is 0 Å². The van der Waals surface area contributed by atoms with Crippen molar-refractivity contribution in [2.45, 2.75) is 39.3 Å². The molecule has 1 atom stereocenters. The van der Waals surface area contributed by atoms with Crippen LogP contribution < -0.4 is 15.6 Å². The number of fused-ring (bicyclic) bond motifs is 1. The highest BCUT2D eigenvalue weighted by Crippen LogP contribution is 2.20. The summed E-state index contributed by atoms with van der Waals surface area (Å²) in [4.78, 5) is 17.6. The summed E-state index contributed by atoms with van der Waals surface area (Å²) in [6.07, 6.45) is 2.26. The SMILES string of the molecule is CCNC(=S)N(Cc1cc2cc(OCC)ccc2[nH]c1=O)C[C@@H]1CCCO1. The van der Waals surface area contributed by atoms with Crippen LogP contribution in [0.2, 0.25) is 0 Å². The van der Waals surface area contributed by atoms with Crippen molar-refractivity contribution in [1.82, 2.24) is 15.2 Å². The minimum atomic E-state index is -0.0942. The molecule has 7 heteroatoms. The summed E-state index contributed by atoms with van der Waals surface area (Å²) in [5.74, 6) is 0.794. The predicted molar refractivity (Wildman–Crippen MR) is 111 cm³/mol. The number of benzene rings is 1. The van der Waals surface area contributed by atoms with Crippen molar-refractivity contribution < 1.29 is 9.47 Å². The molecule has 146 valence electrons. The van der Waals surface area contributed by atoms with E-state index in [2.05, 4.69) is 10.3 Å². The number of aromatic amines is 1. The summed E-state index contributed by atoms with van der Waals surface area (Å²) in [7, 11) is 0. The monoisotopic (exact) mass is 389 g/mol. The van der Waals surface area contributed by atoms with Crippen molar-refractivity contribution >= 4 is 28.2 Å². The van der Waals surface area contributed by atoms with E-state index < -0.39 is 0 Å². The van der Waals surface area contributed by atoms with Gasteiger partial charge in [-0.05, 0) is 63.2 Å². The largest absolute Gasteiger partial charge is 0.494 e. The van der Waals surface area contributed by atoms with Gasteiger partial charge in [0.05, 0.1) is 19.3 Å². The first kappa shape index (κ1) is 19.6. The van der Waals surface area contributed by atoms with E-state index in [0.29, 0.717) is 30.4 Å². The number of hydrogen-bond donors (Lipinski definition) is 2. The number of aromatic nitrogens is 1. The average molecular weight is 390 g/mol. The minimum Gasteiger partial charge on any atom is -0.494 e. The van der Waals surface area contributed by atoms with Crippen molar-refractivity contribution in [2.75, 3.05) is 26.3 Å². The summed E-state index contributed by atoms with van der Waals surface area (Å²) in [5, 5.41) is 4.79. The first-order chi connectivity index (χ1) is 13.1. The normalized spacial score (nSPS) is 16.4. The highest BCUT2D eigenvalue weighted by Gasteiger charge is 2.21. The number of nitrogens with zero attached hydrogens (tertiary/aromatic N) is 1. The Labute approximate surface area is 164 Å². The number of rotatable bonds is 7. The van der Waals surface area contributed by atoms with Gasteiger partial charge in [0.1, 0.15) is 5.75 Å². The molecule has 3 rings (SSSR count). The van der Waals surface area contributed by atoms with Gasteiger partial charge in [0.25, 0.3) is 5.56 Å². The molecule has 0 saturated carbocycles. The number of pyridine rings is 1. The van der Waals surface area contributed by atoms with E-state index in [-0.39, 0.29) is 11.7 Å². The highest BCUT2D eigenvalue weighted by molar-refractivity contribution is 7.80. The van der Waals surface area contributed by atoms with E-state index in [1.54, 1.807) is 0 Å². The number of ether oxygens (including phenoxy) is 2. The van der Waals surface area contributed by atoms with Crippen molar-refractivity contribution in [3.05, 3.63) is 40.2 Å². The van der Waals surface area contributed by atoms with Gasteiger partial charge in [-0.3, -0.25) is 4.79 Å². The molecular formula is C20H27N3O3S. The second kappa shape index (κ2) is 9.19. The molecule has 0 radical (unpaired) electrons. The topological polar surface area (TPSA) is 66.6 Å². The van der Waals surface area contributed by atoms with Gasteiger partial charge in [-0.15, -0.1) is 0 Å². The van der Waals surface area contributed by atoms with Gasteiger partial charge in [-0.2, -0.15) is 0 Å². The van der Waals surface area contributed by atoms with Crippen molar-refractivity contribution in [3.8, 4) is 5.75 Å². The summed E-state index contributed by atoms with van der Waals surface area (Å²) >= 11 is 5.53. The van der Waals surface area contributed by atoms with E-state index in [1.165, 1.54) is 0 Å². The van der Waals surface area contributed by atoms with Crippen LogP contribution in [0.4, 0.5) is 0 Å². The fourth-order valence-corrected chi connectivity index (χ4v) is 3.61. The highest BCUT2D eigenvalue weighted by atomic mass is 32.1. The number of nitrogens with one attached hydrogen (secondary N) is 2. The zero-order valence-electron chi connectivity index (χ0n) is 15.9. The second-order valence-electron chi connectivity index (χ2n) is 6.66. The van der Waals surface area contributed by atoms with Gasteiger partial charge in [0, 0.05) is 36.2 Å². The second-order valence-corrected chi connectivity index (χ2v) is 7.04. The van der Waals surface area contributed by atoms with Gasteiger partial charge >= 0.3 is 0 Å². The quantitative estimate of drug-likeness (QED) is 0.710. The average Bonchev–Trinajstić information content (AvgIpc) is 3.15. The molecule has 0 spiro atoms. The first-order valence-electron chi connectivity index (χ1n) is 9.53. The zero-order chi connectivity index (χ0) is 19.2. The van der Waals surface area contributed by atoms with E-state index in [1.807, 2.05) is 43.0 Å². The molecule has 1 aliphatic rings. The summed E-state index contributed by atoms with van der Waals surface area (Å²) in [6.45, 7) is 7.23. The van der Waals surface area contributed by atoms with Gasteiger partial charge in [0.2, 0.25) is 0 Å². The lowest BCUT2D eigenvalue weighted by molar-refractivity contribution is 0.0897. The maximum absolute atomic E-state index is 12.6. The molecule has 1 saturated heterocycles. The van der Waals surface area contributed by atoms with Crippen molar-refractivity contribution in [3.63, 3.8) is 0 Å². The molecule has 0 aliphatic carbocycles. The lowest BCUT2D eigenvalue weighted by Gasteiger charge is -2.28. The smallest absolute Gasteiger partial charge is 0.253 e. The number of thiocarbonyl (C=S) groups is 1. The van der Waals surface area contributed by atoms with E-state index in [4.69, 9.17) is 21.7 Å². The predicted octanol–water partition coefficient (Wildman–Crippen LogP) is 2.80. The Morgan fingerprint density at radius 3 is 2.96 bits per heavy atom. The molecule has 0 amide bonds. The van der Waals surface area contributed by atoms with Crippen LogP contribution >= 0.6 is 12.2 Å². The zero-order valence-corrected chi connectivity index (χ0v) is 16.7. The molecule has 2 heterocycles. The van der Waals surface area contributed by atoms with Gasteiger partial charge in [-0.25, -0.2) is 0 Å². The summed E-state index contributed by atoms with van der Waals surface area (Å²) < 4.78 is 11.3. The third-order valence-electron chi connectivity index (χ3n) is 4.63. The molecule has 2 aromatic rings. The molecule has 1 aliphatic heterocycles. The Balaban J connectivity index is 1.86. The molecule has 0 bridgehead atoms. The van der Waals surface area contributed by atoms with E-state index in [9.17, 15) is 4.79 Å². The molecule has 1 aromatic heterocycles. The van der Waals surface area contributed by atoms with Gasteiger partial charge in [-0.1, -0.05) is 0 Å². The van der Waals surface area contributed by atoms with Crippen LogP contribution in [0.1, 0.15) is 32.3 Å². The fourth-order valence-electron chi connectivity index (χ4n) is 3.33. The maximum atomic E-state index is 12.6. The fraction of sp³-hybridized carbons (Fsp3) is 0.500.